The van der Waals surface area contributed by atoms with Gasteiger partial charge in [-0.2, -0.15) is 0 Å². The van der Waals surface area contributed by atoms with Crippen molar-refractivity contribution in [1.82, 2.24) is 10.2 Å². The Morgan fingerprint density at radius 3 is 2.70 bits per heavy atom. The Labute approximate surface area is 138 Å². The fraction of sp³-hybridized carbons (Fsp3) is 0.556. The summed E-state index contributed by atoms with van der Waals surface area (Å²) in [6.07, 6.45) is 0.943. The van der Waals surface area contributed by atoms with Crippen LogP contribution in [-0.4, -0.2) is 42.4 Å². The Balaban J connectivity index is 2.07. The van der Waals surface area contributed by atoms with Gasteiger partial charge in [-0.1, -0.05) is 31.5 Å². The van der Waals surface area contributed by atoms with Gasteiger partial charge in [0.1, 0.15) is 6.04 Å². The molecule has 0 aromatic heterocycles. The number of aryl methyl sites for hydroxylation is 1. The maximum atomic E-state index is 12.8. The molecule has 1 heterocycles. The van der Waals surface area contributed by atoms with Gasteiger partial charge in [0.25, 0.3) is 5.91 Å². The van der Waals surface area contributed by atoms with Crippen LogP contribution in [0.2, 0.25) is 0 Å². The van der Waals surface area contributed by atoms with E-state index in [0.29, 0.717) is 24.6 Å². The largest absolute Gasteiger partial charge is 0.341 e. The van der Waals surface area contributed by atoms with Crippen molar-refractivity contribution < 1.29 is 9.59 Å². The molecule has 126 valence electrons. The van der Waals surface area contributed by atoms with Gasteiger partial charge in [-0.05, 0) is 43.9 Å². The molecular weight excluding hydrogens is 290 g/mol. The summed E-state index contributed by atoms with van der Waals surface area (Å²) in [4.78, 5) is 27.0. The van der Waals surface area contributed by atoms with Crippen molar-refractivity contribution in [3.05, 3.63) is 35.4 Å². The van der Waals surface area contributed by atoms with E-state index in [0.717, 1.165) is 18.5 Å². The molecule has 1 fully saturated rings. The quantitative estimate of drug-likeness (QED) is 0.865. The lowest BCUT2D eigenvalue weighted by molar-refractivity contribution is -0.133. The fourth-order valence-electron chi connectivity index (χ4n) is 2.95. The van der Waals surface area contributed by atoms with E-state index in [1.54, 1.807) is 6.07 Å². The SMILES string of the molecule is Cc1cccc(C(=O)NC(C(=O)N2CCC(CN)C2)C(C)C)c1. The molecule has 23 heavy (non-hydrogen) atoms. The van der Waals surface area contributed by atoms with Crippen molar-refractivity contribution >= 4 is 11.8 Å². The molecule has 2 atom stereocenters. The van der Waals surface area contributed by atoms with E-state index >= 15 is 0 Å². The lowest BCUT2D eigenvalue weighted by atomic mass is 10.0. The third kappa shape index (κ3) is 4.32. The molecule has 1 aliphatic rings. The van der Waals surface area contributed by atoms with Crippen molar-refractivity contribution in [3.63, 3.8) is 0 Å². The summed E-state index contributed by atoms with van der Waals surface area (Å²) in [6.45, 7) is 7.87. The molecule has 2 amide bonds. The summed E-state index contributed by atoms with van der Waals surface area (Å²) < 4.78 is 0. The van der Waals surface area contributed by atoms with Crippen LogP contribution >= 0.6 is 0 Å². The summed E-state index contributed by atoms with van der Waals surface area (Å²) in [5.41, 5.74) is 7.31. The number of benzene rings is 1. The number of likely N-dealkylation sites (tertiary alicyclic amines) is 1. The summed E-state index contributed by atoms with van der Waals surface area (Å²) in [5, 5.41) is 2.91. The number of hydrogen-bond donors (Lipinski definition) is 2. The molecule has 1 aromatic carbocycles. The van der Waals surface area contributed by atoms with E-state index in [2.05, 4.69) is 5.32 Å². The molecule has 0 aliphatic carbocycles. The van der Waals surface area contributed by atoms with Gasteiger partial charge in [0, 0.05) is 18.7 Å². The molecule has 0 spiro atoms. The lowest BCUT2D eigenvalue weighted by Crippen LogP contribution is -2.50. The van der Waals surface area contributed by atoms with E-state index in [1.165, 1.54) is 0 Å². The molecule has 2 rings (SSSR count). The van der Waals surface area contributed by atoms with Gasteiger partial charge in [0.05, 0.1) is 0 Å². The lowest BCUT2D eigenvalue weighted by Gasteiger charge is -2.27. The third-order valence-electron chi connectivity index (χ3n) is 4.43. The predicted octanol–water partition coefficient (Wildman–Crippen LogP) is 1.56. The van der Waals surface area contributed by atoms with E-state index in [4.69, 9.17) is 5.73 Å². The standard InChI is InChI=1S/C18H27N3O2/c1-12(2)16(18(23)21-8-7-14(10-19)11-21)20-17(22)15-6-4-5-13(3)9-15/h4-6,9,12,14,16H,7-8,10-11,19H2,1-3H3,(H,20,22). The van der Waals surface area contributed by atoms with E-state index in [9.17, 15) is 9.59 Å². The van der Waals surface area contributed by atoms with Gasteiger partial charge in [-0.15, -0.1) is 0 Å². The zero-order chi connectivity index (χ0) is 17.0. The van der Waals surface area contributed by atoms with Gasteiger partial charge in [0.15, 0.2) is 0 Å². The van der Waals surface area contributed by atoms with Gasteiger partial charge in [-0.3, -0.25) is 9.59 Å². The number of amides is 2. The number of carbonyl (C=O) groups is 2. The Hall–Kier alpha value is -1.88. The second-order valence-electron chi connectivity index (χ2n) is 6.74. The van der Waals surface area contributed by atoms with E-state index in [-0.39, 0.29) is 17.7 Å². The average Bonchev–Trinajstić information content (AvgIpc) is 3.00. The Bertz CT molecular complexity index is 571. The van der Waals surface area contributed by atoms with Gasteiger partial charge in [-0.25, -0.2) is 0 Å². The van der Waals surface area contributed by atoms with Crippen molar-refractivity contribution in [3.8, 4) is 0 Å². The predicted molar refractivity (Wildman–Crippen MR) is 91.0 cm³/mol. The molecule has 0 saturated carbocycles. The van der Waals surface area contributed by atoms with Crippen molar-refractivity contribution in [1.29, 1.82) is 0 Å². The highest BCUT2D eigenvalue weighted by atomic mass is 16.2. The van der Waals surface area contributed by atoms with Crippen LogP contribution in [-0.2, 0) is 4.79 Å². The van der Waals surface area contributed by atoms with Crippen molar-refractivity contribution in [2.24, 2.45) is 17.6 Å². The fourth-order valence-corrected chi connectivity index (χ4v) is 2.95. The normalized spacial score (nSPS) is 19.0. The molecule has 1 aromatic rings. The van der Waals surface area contributed by atoms with Crippen LogP contribution < -0.4 is 11.1 Å². The molecule has 1 saturated heterocycles. The van der Waals surface area contributed by atoms with Crippen LogP contribution in [0.5, 0.6) is 0 Å². The molecule has 0 radical (unpaired) electrons. The minimum absolute atomic E-state index is 0.00282. The van der Waals surface area contributed by atoms with Crippen LogP contribution in [0.3, 0.4) is 0 Å². The van der Waals surface area contributed by atoms with Crippen molar-refractivity contribution in [2.45, 2.75) is 33.2 Å². The van der Waals surface area contributed by atoms with Crippen LogP contribution in [0.25, 0.3) is 0 Å². The number of nitrogens with zero attached hydrogens (tertiary/aromatic N) is 1. The molecule has 5 heteroatoms. The van der Waals surface area contributed by atoms with Gasteiger partial charge >= 0.3 is 0 Å². The molecular formula is C18H27N3O2. The third-order valence-corrected chi connectivity index (χ3v) is 4.43. The van der Waals surface area contributed by atoms with Crippen LogP contribution in [0.1, 0.15) is 36.2 Å². The van der Waals surface area contributed by atoms with Gasteiger partial charge in [0.2, 0.25) is 5.91 Å². The Kier molecular flexibility index (Phi) is 5.77. The maximum absolute atomic E-state index is 12.8. The molecule has 3 N–H and O–H groups in total. The zero-order valence-corrected chi connectivity index (χ0v) is 14.2. The number of nitrogens with one attached hydrogen (secondary N) is 1. The molecule has 2 unspecified atom stereocenters. The molecule has 1 aliphatic heterocycles. The first-order valence-electron chi connectivity index (χ1n) is 8.28. The smallest absolute Gasteiger partial charge is 0.251 e. The second-order valence-corrected chi connectivity index (χ2v) is 6.74. The van der Waals surface area contributed by atoms with E-state index in [1.807, 2.05) is 43.9 Å². The zero-order valence-electron chi connectivity index (χ0n) is 14.2. The first kappa shape index (κ1) is 17.5. The second kappa shape index (κ2) is 7.59. The highest BCUT2D eigenvalue weighted by Crippen LogP contribution is 2.18. The van der Waals surface area contributed by atoms with Crippen LogP contribution in [0.15, 0.2) is 24.3 Å². The van der Waals surface area contributed by atoms with E-state index < -0.39 is 6.04 Å². The summed E-state index contributed by atoms with van der Waals surface area (Å²) in [5.74, 6) is 0.208. The summed E-state index contributed by atoms with van der Waals surface area (Å²) in [6, 6.07) is 6.89. The van der Waals surface area contributed by atoms with Crippen LogP contribution in [0, 0.1) is 18.8 Å². The minimum atomic E-state index is -0.500. The highest BCUT2D eigenvalue weighted by molar-refractivity contribution is 5.97. The van der Waals surface area contributed by atoms with Crippen molar-refractivity contribution in [2.75, 3.05) is 19.6 Å². The van der Waals surface area contributed by atoms with Crippen LogP contribution in [0.4, 0.5) is 0 Å². The maximum Gasteiger partial charge on any atom is 0.251 e. The first-order chi connectivity index (χ1) is 10.9. The summed E-state index contributed by atoms with van der Waals surface area (Å²) >= 11 is 0. The number of hydrogen-bond acceptors (Lipinski definition) is 3. The average molecular weight is 317 g/mol. The molecule has 0 bridgehead atoms. The number of carbonyl (C=O) groups excluding carboxylic acids is 2. The Morgan fingerprint density at radius 1 is 1.39 bits per heavy atom. The summed E-state index contributed by atoms with van der Waals surface area (Å²) in [7, 11) is 0. The number of nitrogens with two attached hydrogens (primary N) is 1. The Morgan fingerprint density at radius 2 is 2.13 bits per heavy atom. The highest BCUT2D eigenvalue weighted by Gasteiger charge is 2.32. The van der Waals surface area contributed by atoms with Gasteiger partial charge < -0.3 is 16.0 Å². The first-order valence-corrected chi connectivity index (χ1v) is 8.28. The molecule has 5 nitrogen and oxygen atoms in total. The topological polar surface area (TPSA) is 75.4 Å². The monoisotopic (exact) mass is 317 g/mol. The number of rotatable bonds is 5. The minimum Gasteiger partial charge on any atom is -0.341 e.